The molecule has 0 fully saturated rings. The van der Waals surface area contributed by atoms with E-state index in [0.29, 0.717) is 6.42 Å². The summed E-state index contributed by atoms with van der Waals surface area (Å²) in [5.41, 5.74) is 4.19. The lowest BCUT2D eigenvalue weighted by Gasteiger charge is -2.01. The first-order valence-corrected chi connectivity index (χ1v) is 4.41. The Hall–Kier alpha value is -1.91. The van der Waals surface area contributed by atoms with Crippen molar-refractivity contribution in [1.29, 1.82) is 0 Å². The summed E-state index contributed by atoms with van der Waals surface area (Å²) in [5.74, 6) is -0.0827. The van der Waals surface area contributed by atoms with E-state index in [1.165, 1.54) is 4.79 Å². The number of para-hydroxylation sites is 1. The second-order valence-corrected chi connectivity index (χ2v) is 2.88. The van der Waals surface area contributed by atoms with E-state index in [4.69, 9.17) is 0 Å². The van der Waals surface area contributed by atoms with Crippen LogP contribution in [0.4, 0.5) is 0 Å². The first-order valence-electron chi connectivity index (χ1n) is 4.41. The number of fused-ring (bicyclic) bond motifs is 1. The zero-order valence-corrected chi connectivity index (χ0v) is 7.77. The number of rotatable bonds is 2. The first kappa shape index (κ1) is 8.68. The van der Waals surface area contributed by atoms with Crippen LogP contribution in [0, 0.1) is 0 Å². The van der Waals surface area contributed by atoms with Gasteiger partial charge in [-0.3, -0.25) is 4.79 Å². The Morgan fingerprint density at radius 2 is 2.29 bits per heavy atom. The number of nitrogens with zero attached hydrogens (tertiary/aromatic N) is 3. The van der Waals surface area contributed by atoms with E-state index in [2.05, 4.69) is 15.7 Å². The maximum absolute atomic E-state index is 11.1. The Balaban J connectivity index is 2.38. The van der Waals surface area contributed by atoms with Crippen LogP contribution in [0.3, 0.4) is 0 Å². The Labute approximate surface area is 80.7 Å². The Kier molecular flexibility index (Phi) is 2.14. The number of carbonyl (C=O) groups excluding carboxylic acids is 1. The van der Waals surface area contributed by atoms with Gasteiger partial charge in [0.2, 0.25) is 5.91 Å². The highest BCUT2D eigenvalue weighted by Crippen LogP contribution is 2.07. The van der Waals surface area contributed by atoms with Crippen LogP contribution in [-0.2, 0) is 4.79 Å². The van der Waals surface area contributed by atoms with Crippen molar-refractivity contribution in [3.8, 4) is 0 Å². The number of nitrogens with one attached hydrogen (secondary N) is 1. The van der Waals surface area contributed by atoms with Crippen LogP contribution < -0.4 is 5.43 Å². The van der Waals surface area contributed by atoms with Gasteiger partial charge in [0, 0.05) is 6.42 Å². The third-order valence-corrected chi connectivity index (χ3v) is 1.90. The average molecular weight is 190 g/mol. The van der Waals surface area contributed by atoms with E-state index in [-0.39, 0.29) is 5.91 Å². The van der Waals surface area contributed by atoms with Crippen LogP contribution in [0.5, 0.6) is 0 Å². The minimum absolute atomic E-state index is 0.0827. The van der Waals surface area contributed by atoms with Crippen molar-refractivity contribution in [1.82, 2.24) is 15.1 Å². The predicted molar refractivity (Wildman–Crippen MR) is 52.2 cm³/mol. The number of carbonyl (C=O) groups is 1. The fraction of sp³-hybridized carbons (Fsp3) is 0.222. The number of hydrogen-bond donors (Lipinski definition) is 1. The summed E-state index contributed by atoms with van der Waals surface area (Å²) in [6.45, 7) is 1.79. The lowest BCUT2D eigenvalue weighted by atomic mass is 10.3. The van der Waals surface area contributed by atoms with Gasteiger partial charge in [-0.25, -0.2) is 5.43 Å². The molecule has 1 aromatic heterocycles. The zero-order valence-electron chi connectivity index (χ0n) is 7.77. The SMILES string of the molecule is CCC(=O)Nn1nnc2ccccc21. The molecule has 1 amide bonds. The molecule has 14 heavy (non-hydrogen) atoms. The van der Waals surface area contributed by atoms with E-state index in [9.17, 15) is 4.79 Å². The van der Waals surface area contributed by atoms with Crippen LogP contribution in [0.2, 0.25) is 0 Å². The van der Waals surface area contributed by atoms with Gasteiger partial charge in [-0.1, -0.05) is 19.1 Å². The molecule has 0 atom stereocenters. The summed E-state index contributed by atoms with van der Waals surface area (Å²) in [5, 5.41) is 7.72. The Bertz CT molecular complexity index is 463. The highest BCUT2D eigenvalue weighted by Gasteiger charge is 2.04. The quantitative estimate of drug-likeness (QED) is 0.765. The Morgan fingerprint density at radius 3 is 3.07 bits per heavy atom. The largest absolute Gasteiger partial charge is 0.273 e. The maximum Gasteiger partial charge on any atom is 0.239 e. The predicted octanol–water partition coefficient (Wildman–Crippen LogP) is 0.911. The van der Waals surface area contributed by atoms with Gasteiger partial charge in [0.05, 0.1) is 0 Å². The maximum atomic E-state index is 11.1. The molecule has 1 heterocycles. The summed E-state index contributed by atoms with van der Waals surface area (Å²) in [7, 11) is 0. The molecule has 5 nitrogen and oxygen atoms in total. The number of hydrogen-bond acceptors (Lipinski definition) is 3. The Morgan fingerprint density at radius 1 is 1.50 bits per heavy atom. The first-order chi connectivity index (χ1) is 6.81. The third-order valence-electron chi connectivity index (χ3n) is 1.90. The van der Waals surface area contributed by atoms with Crippen molar-refractivity contribution >= 4 is 16.9 Å². The molecular weight excluding hydrogens is 180 g/mol. The number of benzene rings is 1. The summed E-state index contributed by atoms with van der Waals surface area (Å²) in [6.07, 6.45) is 0.425. The fourth-order valence-corrected chi connectivity index (χ4v) is 1.15. The molecule has 1 aromatic carbocycles. The van der Waals surface area contributed by atoms with Crippen LogP contribution in [0.1, 0.15) is 13.3 Å². The van der Waals surface area contributed by atoms with E-state index in [0.717, 1.165) is 11.0 Å². The molecule has 0 bridgehead atoms. The van der Waals surface area contributed by atoms with Crippen molar-refractivity contribution in [2.45, 2.75) is 13.3 Å². The van der Waals surface area contributed by atoms with Gasteiger partial charge in [0.1, 0.15) is 11.0 Å². The molecule has 5 heteroatoms. The van der Waals surface area contributed by atoms with Crippen molar-refractivity contribution in [3.05, 3.63) is 24.3 Å². The van der Waals surface area contributed by atoms with Gasteiger partial charge in [0.25, 0.3) is 0 Å². The summed E-state index contributed by atoms with van der Waals surface area (Å²) in [4.78, 5) is 12.5. The van der Waals surface area contributed by atoms with Crippen LogP contribution in [-0.4, -0.2) is 21.0 Å². The normalized spacial score (nSPS) is 10.4. The molecule has 0 aliphatic heterocycles. The fourth-order valence-electron chi connectivity index (χ4n) is 1.15. The molecule has 0 aliphatic rings. The monoisotopic (exact) mass is 190 g/mol. The number of amides is 1. The zero-order chi connectivity index (χ0) is 9.97. The molecule has 1 N–H and O–H groups in total. The minimum Gasteiger partial charge on any atom is -0.273 e. The van der Waals surface area contributed by atoms with Gasteiger partial charge < -0.3 is 0 Å². The lowest BCUT2D eigenvalue weighted by molar-refractivity contribution is -0.116. The molecule has 72 valence electrons. The van der Waals surface area contributed by atoms with E-state index >= 15 is 0 Å². The van der Waals surface area contributed by atoms with E-state index < -0.39 is 0 Å². The van der Waals surface area contributed by atoms with Crippen molar-refractivity contribution in [3.63, 3.8) is 0 Å². The molecule has 0 spiro atoms. The van der Waals surface area contributed by atoms with Crippen LogP contribution in [0.25, 0.3) is 11.0 Å². The lowest BCUT2D eigenvalue weighted by Crippen LogP contribution is -2.22. The van der Waals surface area contributed by atoms with Gasteiger partial charge >= 0.3 is 0 Å². The van der Waals surface area contributed by atoms with Gasteiger partial charge in [0.15, 0.2) is 0 Å². The van der Waals surface area contributed by atoms with Crippen LogP contribution >= 0.6 is 0 Å². The number of aromatic nitrogens is 3. The second-order valence-electron chi connectivity index (χ2n) is 2.88. The molecule has 0 radical (unpaired) electrons. The molecule has 2 rings (SSSR count). The molecular formula is C9H10N4O. The van der Waals surface area contributed by atoms with Crippen molar-refractivity contribution < 1.29 is 4.79 Å². The van der Waals surface area contributed by atoms with Gasteiger partial charge in [-0.15, -0.1) is 5.10 Å². The molecule has 0 saturated carbocycles. The minimum atomic E-state index is -0.0827. The van der Waals surface area contributed by atoms with Crippen LogP contribution in [0.15, 0.2) is 24.3 Å². The molecule has 0 aliphatic carbocycles. The van der Waals surface area contributed by atoms with Crippen molar-refractivity contribution in [2.24, 2.45) is 0 Å². The van der Waals surface area contributed by atoms with Crippen molar-refractivity contribution in [2.75, 3.05) is 5.43 Å². The smallest absolute Gasteiger partial charge is 0.239 e. The molecule has 2 aromatic rings. The summed E-state index contributed by atoms with van der Waals surface area (Å²) < 4.78 is 0. The topological polar surface area (TPSA) is 59.8 Å². The average Bonchev–Trinajstić information content (AvgIpc) is 2.62. The van der Waals surface area contributed by atoms with Gasteiger partial charge in [-0.2, -0.15) is 4.79 Å². The molecule has 0 saturated heterocycles. The highest BCUT2D eigenvalue weighted by molar-refractivity contribution is 5.85. The van der Waals surface area contributed by atoms with E-state index in [1.54, 1.807) is 6.92 Å². The summed E-state index contributed by atoms with van der Waals surface area (Å²) >= 11 is 0. The summed E-state index contributed by atoms with van der Waals surface area (Å²) in [6, 6.07) is 7.45. The molecule has 0 unspecified atom stereocenters. The standard InChI is InChI=1S/C9H10N4O/c1-2-9(14)11-13-8-6-4-3-5-7(8)10-12-13/h3-6H,2H2,1H3,(H,11,14). The van der Waals surface area contributed by atoms with E-state index in [1.807, 2.05) is 24.3 Å². The van der Waals surface area contributed by atoms with Gasteiger partial charge in [-0.05, 0) is 17.3 Å². The second kappa shape index (κ2) is 3.45. The third kappa shape index (κ3) is 1.44. The highest BCUT2D eigenvalue weighted by atomic mass is 16.2.